The lowest BCUT2D eigenvalue weighted by molar-refractivity contribution is -0.134. The van der Waals surface area contributed by atoms with E-state index in [4.69, 9.17) is 9.47 Å². The molecular weight excluding hydrogens is 424 g/mol. The van der Waals surface area contributed by atoms with Crippen LogP contribution >= 0.6 is 0 Å². The van der Waals surface area contributed by atoms with Crippen molar-refractivity contribution in [2.75, 3.05) is 32.8 Å². The number of carbonyl (C=O) groups is 1. The maximum absolute atomic E-state index is 13.4. The number of carbonyl (C=O) groups excluding carboxylic acids is 1. The van der Waals surface area contributed by atoms with E-state index in [0.717, 1.165) is 82.5 Å². The fraction of sp³-hybridized carbons (Fsp3) is 0.552. The van der Waals surface area contributed by atoms with Crippen LogP contribution in [-0.4, -0.2) is 43.7 Å². The third kappa shape index (κ3) is 6.32. The minimum atomic E-state index is -0.237. The van der Waals surface area contributed by atoms with Gasteiger partial charge in [0.1, 0.15) is 11.5 Å². The number of nitrogens with zero attached hydrogens (tertiary/aromatic N) is 1. The molecule has 184 valence electrons. The monoisotopic (exact) mass is 464 g/mol. The van der Waals surface area contributed by atoms with Gasteiger partial charge >= 0.3 is 0 Å². The Balaban J connectivity index is 1.36. The van der Waals surface area contributed by atoms with E-state index in [1.807, 2.05) is 19.1 Å². The number of benzene rings is 2. The number of ether oxygens (including phenoxy) is 2. The molecule has 0 aliphatic carbocycles. The van der Waals surface area contributed by atoms with Gasteiger partial charge in [0.25, 0.3) is 0 Å². The normalized spacial score (nSPS) is 20.0. The van der Waals surface area contributed by atoms with Crippen LogP contribution in [0.2, 0.25) is 0 Å². The third-order valence-electron chi connectivity index (χ3n) is 7.40. The van der Waals surface area contributed by atoms with Crippen molar-refractivity contribution in [2.24, 2.45) is 5.41 Å². The van der Waals surface area contributed by atoms with Gasteiger partial charge < -0.3 is 14.8 Å². The van der Waals surface area contributed by atoms with E-state index in [1.165, 1.54) is 11.1 Å². The standard InChI is InChI=1S/C29H40N2O3/c1-2-33-27-15-8-6-13-25(27)23-31-20-17-29(18-21-31)16-9-3-4-11-24-12-5-7-14-26(24)34-22-10-19-30-28(29)32/h5-8,12-15H,2-4,9-11,16-23H2,1H3,(H,30,32). The van der Waals surface area contributed by atoms with Gasteiger partial charge in [0.05, 0.1) is 18.6 Å². The second-order valence-electron chi connectivity index (χ2n) is 9.72. The Hall–Kier alpha value is -2.53. The van der Waals surface area contributed by atoms with Crippen LogP contribution in [0.3, 0.4) is 0 Å². The molecule has 2 aromatic carbocycles. The van der Waals surface area contributed by atoms with Crippen molar-refractivity contribution in [3.63, 3.8) is 0 Å². The van der Waals surface area contributed by atoms with E-state index in [-0.39, 0.29) is 11.3 Å². The summed E-state index contributed by atoms with van der Waals surface area (Å²) in [6.45, 7) is 6.79. The van der Waals surface area contributed by atoms with Gasteiger partial charge in [-0.2, -0.15) is 0 Å². The summed E-state index contributed by atoms with van der Waals surface area (Å²) in [4.78, 5) is 15.9. The zero-order chi connectivity index (χ0) is 23.6. The number of amides is 1. The van der Waals surface area contributed by atoms with Crippen LogP contribution in [0, 0.1) is 5.41 Å². The van der Waals surface area contributed by atoms with Crippen molar-refractivity contribution < 1.29 is 14.3 Å². The van der Waals surface area contributed by atoms with Crippen molar-refractivity contribution in [1.82, 2.24) is 10.2 Å². The number of likely N-dealkylation sites (tertiary alicyclic amines) is 1. The first-order valence-electron chi connectivity index (χ1n) is 13.1. The number of nitrogens with one attached hydrogen (secondary N) is 1. The Morgan fingerprint density at radius 1 is 0.971 bits per heavy atom. The smallest absolute Gasteiger partial charge is 0.226 e. The van der Waals surface area contributed by atoms with Gasteiger partial charge in [-0.05, 0) is 76.2 Å². The number of hydrogen-bond donors (Lipinski definition) is 1. The molecule has 0 radical (unpaired) electrons. The van der Waals surface area contributed by atoms with Crippen LogP contribution < -0.4 is 14.8 Å². The molecule has 0 aromatic heterocycles. The lowest BCUT2D eigenvalue weighted by atomic mass is 9.73. The summed E-state index contributed by atoms with van der Waals surface area (Å²) in [6.07, 6.45) is 8.10. The maximum atomic E-state index is 13.4. The zero-order valence-electron chi connectivity index (χ0n) is 20.7. The van der Waals surface area contributed by atoms with Gasteiger partial charge in [0.2, 0.25) is 5.91 Å². The average Bonchev–Trinajstić information content (AvgIpc) is 2.86. The zero-order valence-corrected chi connectivity index (χ0v) is 20.7. The molecular formula is C29H40N2O3. The van der Waals surface area contributed by atoms with Crippen molar-refractivity contribution in [3.05, 3.63) is 59.7 Å². The summed E-state index contributed by atoms with van der Waals surface area (Å²) in [5.74, 6) is 2.23. The summed E-state index contributed by atoms with van der Waals surface area (Å²) in [6, 6.07) is 16.7. The number of rotatable bonds is 4. The molecule has 0 saturated carbocycles. The van der Waals surface area contributed by atoms with Gasteiger partial charge in [-0.3, -0.25) is 9.69 Å². The van der Waals surface area contributed by atoms with Gasteiger partial charge in [0.15, 0.2) is 0 Å². The fourth-order valence-corrected chi connectivity index (χ4v) is 5.35. The minimum Gasteiger partial charge on any atom is -0.494 e. The van der Waals surface area contributed by atoms with Crippen molar-refractivity contribution in [1.29, 1.82) is 0 Å². The number of piperidine rings is 1. The van der Waals surface area contributed by atoms with Gasteiger partial charge in [-0.15, -0.1) is 0 Å². The molecule has 34 heavy (non-hydrogen) atoms. The fourth-order valence-electron chi connectivity index (χ4n) is 5.35. The summed E-state index contributed by atoms with van der Waals surface area (Å²) < 4.78 is 11.9. The molecule has 2 aliphatic rings. The summed E-state index contributed by atoms with van der Waals surface area (Å²) in [5, 5.41) is 3.25. The molecule has 1 fully saturated rings. The average molecular weight is 465 g/mol. The predicted octanol–water partition coefficient (Wildman–Crippen LogP) is 5.37. The molecule has 2 heterocycles. The summed E-state index contributed by atoms with van der Waals surface area (Å²) in [5.41, 5.74) is 2.30. The lowest BCUT2D eigenvalue weighted by Crippen LogP contribution is -2.49. The van der Waals surface area contributed by atoms with Crippen LogP contribution in [0.1, 0.15) is 63.0 Å². The molecule has 5 nitrogen and oxygen atoms in total. The van der Waals surface area contributed by atoms with Gasteiger partial charge in [-0.25, -0.2) is 0 Å². The Labute approximate surface area is 204 Å². The largest absolute Gasteiger partial charge is 0.494 e. The molecule has 1 saturated heterocycles. The van der Waals surface area contributed by atoms with Crippen molar-refractivity contribution in [3.8, 4) is 11.5 Å². The quantitative estimate of drug-likeness (QED) is 0.661. The minimum absolute atomic E-state index is 0.237. The first kappa shape index (κ1) is 24.6. The van der Waals surface area contributed by atoms with Crippen LogP contribution in [-0.2, 0) is 17.8 Å². The molecule has 0 unspecified atom stereocenters. The highest BCUT2D eigenvalue weighted by atomic mass is 16.5. The van der Waals surface area contributed by atoms with E-state index in [1.54, 1.807) is 0 Å². The molecule has 1 spiro atoms. The molecule has 1 N–H and O–H groups in total. The second-order valence-corrected chi connectivity index (χ2v) is 9.72. The van der Waals surface area contributed by atoms with E-state index >= 15 is 0 Å². The van der Waals surface area contributed by atoms with Crippen LogP contribution in [0.25, 0.3) is 0 Å². The number of hydrogen-bond acceptors (Lipinski definition) is 4. The van der Waals surface area contributed by atoms with Crippen molar-refractivity contribution >= 4 is 5.91 Å². The highest BCUT2D eigenvalue weighted by Crippen LogP contribution is 2.38. The molecule has 0 bridgehead atoms. The summed E-state index contributed by atoms with van der Waals surface area (Å²) >= 11 is 0. The Bertz CT molecular complexity index is 921. The SMILES string of the molecule is CCOc1ccccc1CN1CCC2(CCCCCc3ccccc3OCCCNC2=O)CC1. The lowest BCUT2D eigenvalue weighted by Gasteiger charge is -2.41. The van der Waals surface area contributed by atoms with E-state index < -0.39 is 0 Å². The molecule has 2 aromatic rings. The molecule has 0 atom stereocenters. The van der Waals surface area contributed by atoms with E-state index in [0.29, 0.717) is 19.8 Å². The van der Waals surface area contributed by atoms with Crippen LogP contribution in [0.5, 0.6) is 11.5 Å². The first-order valence-corrected chi connectivity index (χ1v) is 13.1. The Kier molecular flexibility index (Phi) is 8.86. The third-order valence-corrected chi connectivity index (χ3v) is 7.40. The Morgan fingerprint density at radius 2 is 1.76 bits per heavy atom. The van der Waals surface area contributed by atoms with Gasteiger partial charge in [0, 0.05) is 18.7 Å². The molecule has 4 rings (SSSR count). The topological polar surface area (TPSA) is 50.8 Å². The second kappa shape index (κ2) is 12.3. The molecule has 2 aliphatic heterocycles. The van der Waals surface area contributed by atoms with Crippen LogP contribution in [0.4, 0.5) is 0 Å². The molecule has 1 amide bonds. The summed E-state index contributed by atoms with van der Waals surface area (Å²) in [7, 11) is 0. The van der Waals surface area contributed by atoms with E-state index in [2.05, 4.69) is 46.6 Å². The maximum Gasteiger partial charge on any atom is 0.226 e. The number of fused-ring (bicyclic) bond motifs is 1. The number of aryl methyl sites for hydroxylation is 1. The van der Waals surface area contributed by atoms with Crippen LogP contribution in [0.15, 0.2) is 48.5 Å². The predicted molar refractivity (Wildman–Crippen MR) is 136 cm³/mol. The van der Waals surface area contributed by atoms with E-state index in [9.17, 15) is 4.79 Å². The highest BCUT2D eigenvalue weighted by molar-refractivity contribution is 5.82. The number of para-hydroxylation sites is 2. The highest BCUT2D eigenvalue weighted by Gasteiger charge is 2.40. The van der Waals surface area contributed by atoms with Gasteiger partial charge in [-0.1, -0.05) is 49.2 Å². The Morgan fingerprint density at radius 3 is 2.62 bits per heavy atom. The first-order chi connectivity index (χ1) is 16.7. The molecule has 5 heteroatoms. The van der Waals surface area contributed by atoms with Crippen molar-refractivity contribution in [2.45, 2.75) is 64.8 Å².